The third kappa shape index (κ3) is 12.5. The van der Waals surface area contributed by atoms with E-state index in [1.165, 1.54) is 7.11 Å². The molecule has 13 nitrogen and oxygen atoms in total. The summed E-state index contributed by atoms with van der Waals surface area (Å²) in [4.78, 5) is 72.6. The van der Waals surface area contributed by atoms with Crippen molar-refractivity contribution < 1.29 is 38.6 Å². The number of hydrogen-bond acceptors (Lipinski definition) is 8. The van der Waals surface area contributed by atoms with Crippen LogP contribution >= 0.6 is 0 Å². The van der Waals surface area contributed by atoms with Crippen molar-refractivity contribution in [2.24, 2.45) is 23.7 Å². The van der Waals surface area contributed by atoms with Crippen LogP contribution in [0.2, 0.25) is 0 Å². The molecular weight excluding hydrogens is 690 g/mol. The first kappa shape index (κ1) is 46.6. The summed E-state index contributed by atoms with van der Waals surface area (Å²) in [5.74, 6) is -3.15. The maximum atomic E-state index is 14.2. The second kappa shape index (κ2) is 22.1. The Bertz CT molecular complexity index is 1350. The van der Waals surface area contributed by atoms with Crippen molar-refractivity contribution in [3.05, 3.63) is 35.9 Å². The number of nitrogens with one attached hydrogen (secondary N) is 2. The van der Waals surface area contributed by atoms with Gasteiger partial charge in [0.2, 0.25) is 23.6 Å². The summed E-state index contributed by atoms with van der Waals surface area (Å²) in [5, 5.41) is 15.6. The number of hydrogen-bond donors (Lipinski definition) is 3. The van der Waals surface area contributed by atoms with E-state index in [0.29, 0.717) is 25.8 Å². The zero-order valence-corrected chi connectivity index (χ0v) is 34.8. The number of benzene rings is 1. The van der Waals surface area contributed by atoms with Crippen molar-refractivity contribution in [1.29, 1.82) is 0 Å². The highest BCUT2D eigenvalue weighted by Gasteiger charge is 2.43. The standard InChI is InChI=1S/C41H69N5O8/c1-13-27(6)36(45(10)40(50)34(25(2)3)43-39(49)35(26(4)5)44(8)9)32(53-11)24-33(47)46-23-17-20-31(46)37(54-12)28(7)38(48)42-30(41(51)52)22-21-29-18-15-14-16-19-29/h14-16,18-19,25-28,30-32,34-37H,13,17,20-24H2,1-12H3,(H,42,48)(H,43,49)(H,51,52)/t27?,28?,30-,31?,32?,34-,35?,36?,37?/m0/s1. The van der Waals surface area contributed by atoms with Crippen molar-refractivity contribution in [1.82, 2.24) is 25.3 Å². The first-order valence-electron chi connectivity index (χ1n) is 19.6. The minimum Gasteiger partial charge on any atom is -0.480 e. The Hall–Kier alpha value is -3.55. The molecule has 1 heterocycles. The zero-order valence-electron chi connectivity index (χ0n) is 34.8. The van der Waals surface area contributed by atoms with E-state index in [9.17, 15) is 29.1 Å². The number of aliphatic carboxylic acids is 1. The van der Waals surface area contributed by atoms with Gasteiger partial charge in [0.25, 0.3) is 0 Å². The number of carbonyl (C=O) groups is 5. The first-order valence-corrected chi connectivity index (χ1v) is 19.6. The Labute approximate surface area is 323 Å². The summed E-state index contributed by atoms with van der Waals surface area (Å²) in [5.41, 5.74) is 0.979. The molecule has 3 N–H and O–H groups in total. The SMILES string of the molecule is CCC(C)C(C(CC(=O)N1CCCC1C(OC)C(C)C(=O)N[C@@H](CCc1ccccc1)C(=O)O)OC)N(C)C(=O)[C@@H](NC(=O)C(C(C)C)N(C)C)C(C)C. The number of carbonyl (C=O) groups excluding carboxylic acids is 4. The van der Waals surface area contributed by atoms with Crippen LogP contribution in [0.1, 0.15) is 86.1 Å². The van der Waals surface area contributed by atoms with Crippen LogP contribution < -0.4 is 10.6 Å². The van der Waals surface area contributed by atoms with Gasteiger partial charge in [-0.3, -0.25) is 24.1 Å². The minimum atomic E-state index is -1.11. The monoisotopic (exact) mass is 760 g/mol. The normalized spacial score (nSPS) is 19.1. The third-order valence-corrected chi connectivity index (χ3v) is 11.1. The highest BCUT2D eigenvalue weighted by molar-refractivity contribution is 5.90. The number of nitrogens with zero attached hydrogens (tertiary/aromatic N) is 3. The quantitative estimate of drug-likeness (QED) is 0.160. The predicted octanol–water partition coefficient (Wildman–Crippen LogP) is 3.84. The molecular formula is C41H69N5O8. The van der Waals surface area contributed by atoms with Gasteiger partial charge in [-0.15, -0.1) is 0 Å². The van der Waals surface area contributed by atoms with Gasteiger partial charge in [-0.05, 0) is 63.1 Å². The lowest BCUT2D eigenvalue weighted by molar-refractivity contribution is -0.148. The van der Waals surface area contributed by atoms with Crippen LogP contribution in [-0.2, 0) is 39.9 Å². The fourth-order valence-electron chi connectivity index (χ4n) is 7.93. The lowest BCUT2D eigenvalue weighted by atomic mass is 9.89. The Morgan fingerprint density at radius 1 is 0.907 bits per heavy atom. The zero-order chi connectivity index (χ0) is 40.9. The predicted molar refractivity (Wildman–Crippen MR) is 210 cm³/mol. The summed E-state index contributed by atoms with van der Waals surface area (Å²) in [6, 6.07) is 6.36. The molecule has 4 amide bonds. The van der Waals surface area contributed by atoms with Gasteiger partial charge in [0.1, 0.15) is 12.1 Å². The molecule has 1 fully saturated rings. The third-order valence-electron chi connectivity index (χ3n) is 11.1. The van der Waals surface area contributed by atoms with E-state index >= 15 is 0 Å². The molecule has 0 spiro atoms. The van der Waals surface area contributed by atoms with Crippen molar-refractivity contribution in [3.63, 3.8) is 0 Å². The lowest BCUT2D eigenvalue weighted by Crippen LogP contribution is -2.59. The van der Waals surface area contributed by atoms with E-state index in [4.69, 9.17) is 9.47 Å². The number of methoxy groups -OCH3 is 2. The largest absolute Gasteiger partial charge is 0.480 e. The highest BCUT2D eigenvalue weighted by atomic mass is 16.5. The van der Waals surface area contributed by atoms with Crippen LogP contribution in [0, 0.1) is 23.7 Å². The number of ether oxygens (including phenoxy) is 2. The molecule has 1 aromatic rings. The number of aryl methyl sites for hydroxylation is 1. The molecule has 0 bridgehead atoms. The fraction of sp³-hybridized carbons (Fsp3) is 0.732. The van der Waals surface area contributed by atoms with E-state index in [1.807, 2.05) is 90.9 Å². The Balaban J connectivity index is 2.25. The fourth-order valence-corrected chi connectivity index (χ4v) is 7.93. The van der Waals surface area contributed by atoms with Gasteiger partial charge < -0.3 is 35.0 Å². The number of rotatable bonds is 22. The Kier molecular flexibility index (Phi) is 19.1. The molecule has 0 aliphatic carbocycles. The van der Waals surface area contributed by atoms with Crippen molar-refractivity contribution in [3.8, 4) is 0 Å². The maximum absolute atomic E-state index is 14.2. The molecule has 0 radical (unpaired) electrons. The van der Waals surface area contributed by atoms with E-state index < -0.39 is 60.2 Å². The molecule has 0 saturated carbocycles. The Morgan fingerprint density at radius 3 is 2.04 bits per heavy atom. The van der Waals surface area contributed by atoms with Gasteiger partial charge in [-0.1, -0.05) is 85.2 Å². The number of carboxylic acid groups (broad SMARTS) is 1. The lowest BCUT2D eigenvalue weighted by Gasteiger charge is -2.41. The number of likely N-dealkylation sites (N-methyl/N-ethyl adjacent to an activating group) is 2. The van der Waals surface area contributed by atoms with Gasteiger partial charge in [0.05, 0.1) is 42.7 Å². The molecule has 1 aliphatic rings. The Morgan fingerprint density at radius 2 is 1.54 bits per heavy atom. The average Bonchev–Trinajstić information content (AvgIpc) is 3.61. The molecule has 0 aromatic heterocycles. The summed E-state index contributed by atoms with van der Waals surface area (Å²) in [7, 11) is 8.45. The molecule has 306 valence electrons. The molecule has 54 heavy (non-hydrogen) atoms. The molecule has 7 unspecified atom stereocenters. The van der Waals surface area contributed by atoms with Gasteiger partial charge in [0.15, 0.2) is 0 Å². The second-order valence-corrected chi connectivity index (χ2v) is 15.9. The molecule has 13 heteroatoms. The summed E-state index contributed by atoms with van der Waals surface area (Å²) in [6.45, 7) is 14.0. The molecule has 9 atom stereocenters. The van der Waals surface area contributed by atoms with Crippen LogP contribution in [0.4, 0.5) is 0 Å². The van der Waals surface area contributed by atoms with E-state index in [0.717, 1.165) is 12.0 Å². The van der Waals surface area contributed by atoms with Crippen molar-refractivity contribution >= 4 is 29.6 Å². The maximum Gasteiger partial charge on any atom is 0.326 e. The number of carboxylic acids is 1. The molecule has 1 aromatic carbocycles. The molecule has 2 rings (SSSR count). The first-order chi connectivity index (χ1) is 25.4. The van der Waals surface area contributed by atoms with Crippen LogP contribution in [-0.4, -0.2) is 134 Å². The number of amides is 4. The van der Waals surface area contributed by atoms with Crippen LogP contribution in [0.25, 0.3) is 0 Å². The van der Waals surface area contributed by atoms with E-state index in [1.54, 1.807) is 30.9 Å². The van der Waals surface area contributed by atoms with Gasteiger partial charge in [0, 0.05) is 27.8 Å². The minimum absolute atomic E-state index is 0.00797. The van der Waals surface area contributed by atoms with E-state index in [-0.39, 0.29) is 48.3 Å². The highest BCUT2D eigenvalue weighted by Crippen LogP contribution is 2.30. The topological polar surface area (TPSA) is 158 Å². The molecule has 1 saturated heterocycles. The summed E-state index contributed by atoms with van der Waals surface area (Å²) >= 11 is 0. The van der Waals surface area contributed by atoms with Crippen LogP contribution in [0.15, 0.2) is 30.3 Å². The van der Waals surface area contributed by atoms with Crippen LogP contribution in [0.3, 0.4) is 0 Å². The average molecular weight is 760 g/mol. The molecule has 1 aliphatic heterocycles. The van der Waals surface area contributed by atoms with Gasteiger partial charge in [-0.25, -0.2) is 4.79 Å². The van der Waals surface area contributed by atoms with Crippen molar-refractivity contribution in [2.45, 2.75) is 129 Å². The van der Waals surface area contributed by atoms with Gasteiger partial charge >= 0.3 is 5.97 Å². The van der Waals surface area contributed by atoms with Crippen LogP contribution in [0.5, 0.6) is 0 Å². The van der Waals surface area contributed by atoms with Crippen molar-refractivity contribution in [2.75, 3.05) is 41.9 Å². The summed E-state index contributed by atoms with van der Waals surface area (Å²) < 4.78 is 11.9. The summed E-state index contributed by atoms with van der Waals surface area (Å²) in [6.07, 6.45) is 1.43. The second-order valence-electron chi connectivity index (χ2n) is 15.9. The van der Waals surface area contributed by atoms with E-state index in [2.05, 4.69) is 10.6 Å². The number of likely N-dealkylation sites (tertiary alicyclic amines) is 1. The van der Waals surface area contributed by atoms with Gasteiger partial charge in [-0.2, -0.15) is 0 Å². The smallest absolute Gasteiger partial charge is 0.326 e.